The molecule has 1 aromatic carbocycles. The number of anilines is 1. The third kappa shape index (κ3) is 2.72. The van der Waals surface area contributed by atoms with Crippen molar-refractivity contribution in [2.75, 3.05) is 5.73 Å². The first-order chi connectivity index (χ1) is 9.41. The predicted molar refractivity (Wildman–Crippen MR) is 83.7 cm³/mol. The van der Waals surface area contributed by atoms with E-state index in [1.54, 1.807) is 0 Å². The van der Waals surface area contributed by atoms with Crippen molar-refractivity contribution in [3.05, 3.63) is 35.5 Å². The van der Waals surface area contributed by atoms with E-state index in [1.165, 1.54) is 5.56 Å². The molecule has 1 unspecified atom stereocenters. The van der Waals surface area contributed by atoms with Gasteiger partial charge in [0.05, 0.1) is 11.3 Å². The zero-order chi connectivity index (χ0) is 14.9. The maximum absolute atomic E-state index is 5.98. The van der Waals surface area contributed by atoms with Gasteiger partial charge in [-0.05, 0) is 23.0 Å². The standard InChI is InChI=1S/C17H24N2O/c1-10(2)12(5)16-15(17(18)20-19-16)14-8-6-13(7-9-14)11(3)4/h6-12H,18H2,1-5H3. The third-order valence-electron chi connectivity index (χ3n) is 4.04. The monoisotopic (exact) mass is 272 g/mol. The number of rotatable bonds is 4. The van der Waals surface area contributed by atoms with Crippen LogP contribution in [0.3, 0.4) is 0 Å². The normalized spacial score (nSPS) is 13.2. The Hall–Kier alpha value is -1.77. The lowest BCUT2D eigenvalue weighted by atomic mass is 9.89. The summed E-state index contributed by atoms with van der Waals surface area (Å²) in [5, 5.41) is 4.17. The Bertz CT molecular complexity index is 567. The number of nitrogens with two attached hydrogens (primary N) is 1. The lowest BCUT2D eigenvalue weighted by Crippen LogP contribution is -2.04. The van der Waals surface area contributed by atoms with Crippen molar-refractivity contribution in [2.45, 2.75) is 46.5 Å². The first-order valence-electron chi connectivity index (χ1n) is 7.27. The molecule has 1 heterocycles. The van der Waals surface area contributed by atoms with Crippen LogP contribution in [0.5, 0.6) is 0 Å². The quantitative estimate of drug-likeness (QED) is 0.869. The van der Waals surface area contributed by atoms with Gasteiger partial charge in [-0.15, -0.1) is 0 Å². The van der Waals surface area contributed by atoms with E-state index in [0.717, 1.165) is 16.8 Å². The van der Waals surface area contributed by atoms with Crippen molar-refractivity contribution in [2.24, 2.45) is 5.92 Å². The summed E-state index contributed by atoms with van der Waals surface area (Å²) in [4.78, 5) is 0. The number of nitrogen functional groups attached to an aromatic ring is 1. The van der Waals surface area contributed by atoms with Crippen LogP contribution in [0, 0.1) is 5.92 Å². The fourth-order valence-electron chi connectivity index (χ4n) is 2.27. The smallest absolute Gasteiger partial charge is 0.230 e. The number of aromatic nitrogens is 1. The molecule has 2 aromatic rings. The Balaban J connectivity index is 2.44. The van der Waals surface area contributed by atoms with E-state index in [2.05, 4.69) is 64.0 Å². The second-order valence-corrected chi connectivity index (χ2v) is 6.12. The van der Waals surface area contributed by atoms with Crippen LogP contribution in [0.15, 0.2) is 28.8 Å². The molecule has 0 radical (unpaired) electrons. The second kappa shape index (κ2) is 5.70. The highest BCUT2D eigenvalue weighted by Crippen LogP contribution is 2.36. The maximum atomic E-state index is 5.98. The van der Waals surface area contributed by atoms with E-state index < -0.39 is 0 Å². The summed E-state index contributed by atoms with van der Waals surface area (Å²) < 4.78 is 5.23. The van der Waals surface area contributed by atoms with Gasteiger partial charge in [-0.3, -0.25) is 0 Å². The van der Waals surface area contributed by atoms with Gasteiger partial charge in [-0.1, -0.05) is 64.0 Å². The average Bonchev–Trinajstić information content (AvgIpc) is 2.79. The van der Waals surface area contributed by atoms with Crippen molar-refractivity contribution in [3.8, 4) is 11.1 Å². The summed E-state index contributed by atoms with van der Waals surface area (Å²) in [6.07, 6.45) is 0. The number of benzene rings is 1. The van der Waals surface area contributed by atoms with E-state index in [-0.39, 0.29) is 0 Å². The molecule has 0 aliphatic heterocycles. The van der Waals surface area contributed by atoms with Crippen molar-refractivity contribution in [3.63, 3.8) is 0 Å². The van der Waals surface area contributed by atoms with Gasteiger partial charge in [0.1, 0.15) is 0 Å². The van der Waals surface area contributed by atoms with E-state index >= 15 is 0 Å². The summed E-state index contributed by atoms with van der Waals surface area (Å²) in [5.41, 5.74) is 10.3. The fraction of sp³-hybridized carbons (Fsp3) is 0.471. The Morgan fingerprint density at radius 1 is 1.00 bits per heavy atom. The van der Waals surface area contributed by atoms with Gasteiger partial charge in [0.2, 0.25) is 5.88 Å². The van der Waals surface area contributed by atoms with Gasteiger partial charge >= 0.3 is 0 Å². The molecule has 3 heteroatoms. The van der Waals surface area contributed by atoms with Crippen LogP contribution in [0.25, 0.3) is 11.1 Å². The van der Waals surface area contributed by atoms with Gasteiger partial charge in [0, 0.05) is 5.92 Å². The molecular weight excluding hydrogens is 248 g/mol. The zero-order valence-electron chi connectivity index (χ0n) is 13.0. The van der Waals surface area contributed by atoms with Crippen molar-refractivity contribution < 1.29 is 4.52 Å². The molecule has 0 spiro atoms. The van der Waals surface area contributed by atoms with Crippen molar-refractivity contribution in [1.82, 2.24) is 5.16 Å². The molecule has 3 nitrogen and oxygen atoms in total. The molecule has 0 saturated heterocycles. The highest BCUT2D eigenvalue weighted by molar-refractivity contribution is 5.75. The molecule has 0 aliphatic carbocycles. The topological polar surface area (TPSA) is 52.0 Å². The van der Waals surface area contributed by atoms with Crippen LogP contribution in [0.1, 0.15) is 57.7 Å². The second-order valence-electron chi connectivity index (χ2n) is 6.12. The summed E-state index contributed by atoms with van der Waals surface area (Å²) in [7, 11) is 0. The molecule has 0 bridgehead atoms. The SMILES string of the molecule is CC(C)c1ccc(-c2c(C(C)C(C)C)noc2N)cc1. The van der Waals surface area contributed by atoms with E-state index in [4.69, 9.17) is 10.3 Å². The summed E-state index contributed by atoms with van der Waals surface area (Å²) >= 11 is 0. The molecule has 0 aliphatic rings. The zero-order valence-corrected chi connectivity index (χ0v) is 13.0. The van der Waals surface area contributed by atoms with E-state index in [9.17, 15) is 0 Å². The van der Waals surface area contributed by atoms with Crippen molar-refractivity contribution in [1.29, 1.82) is 0 Å². The molecule has 108 valence electrons. The van der Waals surface area contributed by atoms with Gasteiger partial charge in [-0.2, -0.15) is 0 Å². The first kappa shape index (κ1) is 14.6. The Morgan fingerprint density at radius 2 is 1.60 bits per heavy atom. The molecule has 0 saturated carbocycles. The molecule has 1 aromatic heterocycles. The molecule has 2 rings (SSSR count). The molecule has 0 fully saturated rings. The Kier molecular flexibility index (Phi) is 4.17. The van der Waals surface area contributed by atoms with Gasteiger partial charge in [0.25, 0.3) is 0 Å². The highest BCUT2D eigenvalue weighted by Gasteiger charge is 2.22. The number of nitrogens with zero attached hydrogens (tertiary/aromatic N) is 1. The average molecular weight is 272 g/mol. The van der Waals surface area contributed by atoms with Crippen LogP contribution in [0.2, 0.25) is 0 Å². The summed E-state index contributed by atoms with van der Waals surface area (Å²) in [5.74, 6) is 1.74. The molecule has 2 N–H and O–H groups in total. The lowest BCUT2D eigenvalue weighted by molar-refractivity contribution is 0.407. The van der Waals surface area contributed by atoms with Gasteiger partial charge < -0.3 is 10.3 Å². The molecule has 0 amide bonds. The van der Waals surface area contributed by atoms with Crippen LogP contribution < -0.4 is 5.73 Å². The summed E-state index contributed by atoms with van der Waals surface area (Å²) in [6, 6.07) is 8.51. The molecular formula is C17H24N2O. The third-order valence-corrected chi connectivity index (χ3v) is 4.04. The Morgan fingerprint density at radius 3 is 2.10 bits per heavy atom. The van der Waals surface area contributed by atoms with Gasteiger partial charge in [0.15, 0.2) is 0 Å². The minimum absolute atomic E-state index is 0.316. The fourth-order valence-corrected chi connectivity index (χ4v) is 2.27. The van der Waals surface area contributed by atoms with E-state index in [1.807, 2.05) is 0 Å². The van der Waals surface area contributed by atoms with Crippen LogP contribution in [0.4, 0.5) is 5.88 Å². The van der Waals surface area contributed by atoms with Crippen molar-refractivity contribution >= 4 is 5.88 Å². The number of hydrogen-bond donors (Lipinski definition) is 1. The highest BCUT2D eigenvalue weighted by atomic mass is 16.5. The summed E-state index contributed by atoms with van der Waals surface area (Å²) in [6.45, 7) is 10.9. The lowest BCUT2D eigenvalue weighted by Gasteiger charge is -2.14. The van der Waals surface area contributed by atoms with Crippen LogP contribution in [-0.4, -0.2) is 5.16 Å². The molecule has 20 heavy (non-hydrogen) atoms. The maximum Gasteiger partial charge on any atom is 0.230 e. The first-order valence-corrected chi connectivity index (χ1v) is 7.27. The predicted octanol–water partition coefficient (Wildman–Crippen LogP) is 4.81. The minimum atomic E-state index is 0.316. The largest absolute Gasteiger partial charge is 0.367 e. The van der Waals surface area contributed by atoms with E-state index in [0.29, 0.717) is 23.6 Å². The van der Waals surface area contributed by atoms with Gasteiger partial charge in [-0.25, -0.2) is 0 Å². The minimum Gasteiger partial charge on any atom is -0.367 e. The Labute approximate surface area is 121 Å². The number of hydrogen-bond acceptors (Lipinski definition) is 3. The van der Waals surface area contributed by atoms with Crippen LogP contribution >= 0.6 is 0 Å². The van der Waals surface area contributed by atoms with Crippen LogP contribution in [-0.2, 0) is 0 Å². The molecule has 1 atom stereocenters.